The van der Waals surface area contributed by atoms with Crippen LogP contribution in [0.3, 0.4) is 0 Å². The Morgan fingerprint density at radius 1 is 0.964 bits per heavy atom. The predicted octanol–water partition coefficient (Wildman–Crippen LogP) is 4.29. The SMILES string of the molecule is O=C1CSc2ccc(C(=O)NCC(c3ccccc3)c3ccccc3)cc2N1. The zero-order chi connectivity index (χ0) is 19.3. The molecular weight excluding hydrogens is 368 g/mol. The normalized spacial score (nSPS) is 13.0. The van der Waals surface area contributed by atoms with Crippen LogP contribution in [0.25, 0.3) is 0 Å². The van der Waals surface area contributed by atoms with Crippen molar-refractivity contribution in [2.24, 2.45) is 0 Å². The van der Waals surface area contributed by atoms with E-state index in [0.29, 0.717) is 23.5 Å². The highest BCUT2D eigenvalue weighted by Crippen LogP contribution is 2.32. The van der Waals surface area contributed by atoms with Gasteiger partial charge in [-0.2, -0.15) is 0 Å². The number of thioether (sulfide) groups is 1. The molecule has 140 valence electrons. The first kappa shape index (κ1) is 18.3. The fraction of sp³-hybridized carbons (Fsp3) is 0.130. The van der Waals surface area contributed by atoms with E-state index in [9.17, 15) is 9.59 Å². The van der Waals surface area contributed by atoms with E-state index in [2.05, 4.69) is 34.9 Å². The average molecular weight is 388 g/mol. The van der Waals surface area contributed by atoms with Crippen LogP contribution in [-0.4, -0.2) is 24.1 Å². The lowest BCUT2D eigenvalue weighted by Crippen LogP contribution is -2.29. The molecule has 0 bridgehead atoms. The minimum Gasteiger partial charge on any atom is -0.351 e. The van der Waals surface area contributed by atoms with Gasteiger partial charge in [0, 0.05) is 22.9 Å². The maximum absolute atomic E-state index is 12.7. The number of hydrogen-bond acceptors (Lipinski definition) is 3. The van der Waals surface area contributed by atoms with E-state index < -0.39 is 0 Å². The van der Waals surface area contributed by atoms with Crippen molar-refractivity contribution in [1.82, 2.24) is 5.32 Å². The van der Waals surface area contributed by atoms with Crippen molar-refractivity contribution in [3.05, 3.63) is 95.6 Å². The Hall–Kier alpha value is -3.05. The third-order valence-electron chi connectivity index (χ3n) is 4.75. The van der Waals surface area contributed by atoms with Gasteiger partial charge < -0.3 is 10.6 Å². The molecule has 0 atom stereocenters. The summed E-state index contributed by atoms with van der Waals surface area (Å²) in [6.45, 7) is 0.491. The molecule has 1 aliphatic rings. The smallest absolute Gasteiger partial charge is 0.251 e. The Balaban J connectivity index is 1.52. The highest BCUT2D eigenvalue weighted by Gasteiger charge is 2.19. The Morgan fingerprint density at radius 2 is 1.61 bits per heavy atom. The number of anilines is 1. The molecule has 0 aromatic heterocycles. The molecule has 2 N–H and O–H groups in total. The van der Waals surface area contributed by atoms with Gasteiger partial charge in [0.25, 0.3) is 5.91 Å². The van der Waals surface area contributed by atoms with E-state index in [1.54, 1.807) is 12.1 Å². The van der Waals surface area contributed by atoms with Crippen LogP contribution in [0.5, 0.6) is 0 Å². The second-order valence-electron chi connectivity index (χ2n) is 6.63. The van der Waals surface area contributed by atoms with Crippen LogP contribution in [0.2, 0.25) is 0 Å². The molecule has 3 aromatic carbocycles. The van der Waals surface area contributed by atoms with Crippen LogP contribution >= 0.6 is 11.8 Å². The third-order valence-corrected chi connectivity index (χ3v) is 5.82. The van der Waals surface area contributed by atoms with Crippen molar-refractivity contribution in [2.45, 2.75) is 10.8 Å². The Morgan fingerprint density at radius 3 is 2.25 bits per heavy atom. The topological polar surface area (TPSA) is 58.2 Å². The zero-order valence-electron chi connectivity index (χ0n) is 15.2. The van der Waals surface area contributed by atoms with E-state index in [4.69, 9.17) is 0 Å². The van der Waals surface area contributed by atoms with Crippen LogP contribution in [0.1, 0.15) is 27.4 Å². The molecule has 5 heteroatoms. The Labute approximate surface area is 168 Å². The summed E-state index contributed by atoms with van der Waals surface area (Å²) < 4.78 is 0. The van der Waals surface area contributed by atoms with Gasteiger partial charge in [-0.1, -0.05) is 60.7 Å². The van der Waals surface area contributed by atoms with Crippen LogP contribution in [0.4, 0.5) is 5.69 Å². The van der Waals surface area contributed by atoms with Crippen LogP contribution in [0.15, 0.2) is 83.8 Å². The molecule has 0 fully saturated rings. The first-order valence-corrected chi connectivity index (χ1v) is 10.1. The van der Waals surface area contributed by atoms with Gasteiger partial charge in [-0.3, -0.25) is 9.59 Å². The van der Waals surface area contributed by atoms with Crippen molar-refractivity contribution in [2.75, 3.05) is 17.6 Å². The second-order valence-corrected chi connectivity index (χ2v) is 7.65. The van der Waals surface area contributed by atoms with Crippen LogP contribution in [-0.2, 0) is 4.79 Å². The Kier molecular flexibility index (Phi) is 5.44. The lowest BCUT2D eigenvalue weighted by atomic mass is 9.91. The molecule has 4 rings (SSSR count). The number of nitrogens with one attached hydrogen (secondary N) is 2. The minimum absolute atomic E-state index is 0.0386. The molecule has 4 nitrogen and oxygen atoms in total. The highest BCUT2D eigenvalue weighted by atomic mass is 32.2. The van der Waals surface area contributed by atoms with Gasteiger partial charge in [-0.05, 0) is 29.3 Å². The number of hydrogen-bond donors (Lipinski definition) is 2. The quantitative estimate of drug-likeness (QED) is 0.685. The standard InChI is InChI=1S/C23H20N2O2S/c26-22-15-28-21-12-11-18(13-20(21)25-22)23(27)24-14-19(16-7-3-1-4-8-16)17-9-5-2-6-10-17/h1-13,19H,14-15H2,(H,24,27)(H,25,26). The number of benzene rings is 3. The van der Waals surface area contributed by atoms with Crippen molar-refractivity contribution in [1.29, 1.82) is 0 Å². The summed E-state index contributed by atoms with van der Waals surface area (Å²) in [5, 5.41) is 5.89. The summed E-state index contributed by atoms with van der Waals surface area (Å²) in [6, 6.07) is 25.8. The van der Waals surface area contributed by atoms with Gasteiger partial charge in [0.05, 0.1) is 11.4 Å². The summed E-state index contributed by atoms with van der Waals surface area (Å²) in [7, 11) is 0. The molecule has 0 aliphatic carbocycles. The summed E-state index contributed by atoms with van der Waals surface area (Å²) in [6.07, 6.45) is 0. The predicted molar refractivity (Wildman–Crippen MR) is 113 cm³/mol. The maximum Gasteiger partial charge on any atom is 0.251 e. The van der Waals surface area contributed by atoms with Crippen LogP contribution < -0.4 is 10.6 Å². The number of fused-ring (bicyclic) bond motifs is 1. The molecule has 0 spiro atoms. The largest absolute Gasteiger partial charge is 0.351 e. The third kappa shape index (κ3) is 4.10. The summed E-state index contributed by atoms with van der Waals surface area (Å²) in [4.78, 5) is 25.3. The summed E-state index contributed by atoms with van der Waals surface area (Å²) >= 11 is 1.49. The molecular formula is C23H20N2O2S. The van der Waals surface area contributed by atoms with Gasteiger partial charge in [0.1, 0.15) is 0 Å². The first-order chi connectivity index (χ1) is 13.7. The zero-order valence-corrected chi connectivity index (χ0v) is 16.0. The van der Waals surface area contributed by atoms with E-state index in [1.807, 2.05) is 42.5 Å². The number of amides is 2. The Bertz CT molecular complexity index is 950. The fourth-order valence-electron chi connectivity index (χ4n) is 3.32. The van der Waals surface area contributed by atoms with E-state index in [1.165, 1.54) is 11.8 Å². The molecule has 3 aromatic rings. The number of rotatable bonds is 5. The van der Waals surface area contributed by atoms with Gasteiger partial charge in [-0.25, -0.2) is 0 Å². The first-order valence-electron chi connectivity index (χ1n) is 9.15. The maximum atomic E-state index is 12.7. The average Bonchev–Trinajstić information content (AvgIpc) is 2.74. The molecule has 0 saturated heterocycles. The molecule has 0 unspecified atom stereocenters. The van der Waals surface area contributed by atoms with E-state index >= 15 is 0 Å². The fourth-order valence-corrected chi connectivity index (χ4v) is 4.11. The highest BCUT2D eigenvalue weighted by molar-refractivity contribution is 8.00. The molecule has 2 amide bonds. The van der Waals surface area contributed by atoms with Gasteiger partial charge in [-0.15, -0.1) is 11.8 Å². The summed E-state index contributed by atoms with van der Waals surface area (Å²) in [5.74, 6) is 0.293. The monoisotopic (exact) mass is 388 g/mol. The number of carbonyl (C=O) groups is 2. The van der Waals surface area contributed by atoms with E-state index in [0.717, 1.165) is 16.0 Å². The van der Waals surface area contributed by atoms with E-state index in [-0.39, 0.29) is 17.7 Å². The molecule has 28 heavy (non-hydrogen) atoms. The lowest BCUT2D eigenvalue weighted by Gasteiger charge is -2.20. The number of carbonyl (C=O) groups excluding carboxylic acids is 2. The minimum atomic E-state index is -0.149. The van der Waals surface area contributed by atoms with Gasteiger partial charge in [0.2, 0.25) is 5.91 Å². The molecule has 0 saturated carbocycles. The van der Waals surface area contributed by atoms with Crippen molar-refractivity contribution >= 4 is 29.3 Å². The van der Waals surface area contributed by atoms with Gasteiger partial charge in [0.15, 0.2) is 0 Å². The van der Waals surface area contributed by atoms with Crippen LogP contribution in [0, 0.1) is 0 Å². The molecule has 1 aliphatic heterocycles. The van der Waals surface area contributed by atoms with Gasteiger partial charge >= 0.3 is 0 Å². The lowest BCUT2D eigenvalue weighted by molar-refractivity contribution is -0.113. The molecule has 0 radical (unpaired) electrons. The van der Waals surface area contributed by atoms with Crippen molar-refractivity contribution < 1.29 is 9.59 Å². The second kappa shape index (κ2) is 8.31. The van der Waals surface area contributed by atoms with Crippen molar-refractivity contribution in [3.8, 4) is 0 Å². The molecule has 1 heterocycles. The van der Waals surface area contributed by atoms with Crippen molar-refractivity contribution in [3.63, 3.8) is 0 Å². The summed E-state index contributed by atoms with van der Waals surface area (Å²) in [5.41, 5.74) is 3.56.